The summed E-state index contributed by atoms with van der Waals surface area (Å²) in [6, 6.07) is 10.9. The number of carbonyl (C=O) groups excluding carboxylic acids is 1. The Hall–Kier alpha value is -2.89. The lowest BCUT2D eigenvalue weighted by molar-refractivity contribution is -0.136. The van der Waals surface area contributed by atoms with E-state index in [1.54, 1.807) is 10.8 Å². The normalized spacial score (nSPS) is 14.8. The lowest BCUT2D eigenvalue weighted by Crippen LogP contribution is -2.39. The summed E-state index contributed by atoms with van der Waals surface area (Å²) in [7, 11) is 0. The third-order valence-electron chi connectivity index (χ3n) is 5.52. The highest BCUT2D eigenvalue weighted by atomic mass is 16.3. The number of nitrogens with zero attached hydrogens (tertiary/aromatic N) is 3. The largest absolute Gasteiger partial charge is 0.467 e. The van der Waals surface area contributed by atoms with Crippen LogP contribution in [0.1, 0.15) is 57.2 Å². The molecule has 1 aromatic carbocycles. The molecule has 0 aliphatic heterocycles. The van der Waals surface area contributed by atoms with Crippen molar-refractivity contribution < 1.29 is 9.21 Å². The minimum atomic E-state index is -0.281. The van der Waals surface area contributed by atoms with Crippen LogP contribution in [0.15, 0.2) is 51.9 Å². The topological polar surface area (TPSA) is 68.3 Å². The highest BCUT2D eigenvalue weighted by Gasteiger charge is 2.38. The Morgan fingerprint density at radius 3 is 2.69 bits per heavy atom. The highest BCUT2D eigenvalue weighted by Crippen LogP contribution is 2.36. The summed E-state index contributed by atoms with van der Waals surface area (Å²) < 4.78 is 7.29. The zero-order chi connectivity index (χ0) is 20.4. The van der Waals surface area contributed by atoms with Crippen molar-refractivity contribution in [3.63, 3.8) is 0 Å². The minimum absolute atomic E-state index is 0.0391. The molecule has 0 bridgehead atoms. The number of para-hydroxylation sites is 1. The average molecular weight is 393 g/mol. The van der Waals surface area contributed by atoms with Gasteiger partial charge in [0, 0.05) is 12.5 Å². The molecule has 152 valence electrons. The molecule has 0 N–H and O–H groups in total. The monoisotopic (exact) mass is 393 g/mol. The Labute approximate surface area is 170 Å². The van der Waals surface area contributed by atoms with Crippen molar-refractivity contribution in [3.05, 3.63) is 64.6 Å². The Bertz CT molecular complexity index is 1050. The second kappa shape index (κ2) is 8.23. The number of carbonyl (C=O) groups is 1. The van der Waals surface area contributed by atoms with Gasteiger partial charge in [0.15, 0.2) is 0 Å². The van der Waals surface area contributed by atoms with E-state index in [0.29, 0.717) is 36.2 Å². The second-order valence-corrected chi connectivity index (χ2v) is 7.69. The predicted molar refractivity (Wildman–Crippen MR) is 111 cm³/mol. The molecule has 2 heterocycles. The molecule has 2 aromatic heterocycles. The highest BCUT2D eigenvalue weighted by molar-refractivity contribution is 5.81. The van der Waals surface area contributed by atoms with Gasteiger partial charge < -0.3 is 9.32 Å². The van der Waals surface area contributed by atoms with Gasteiger partial charge in [0.05, 0.1) is 29.8 Å². The van der Waals surface area contributed by atoms with Crippen molar-refractivity contribution >= 4 is 16.8 Å². The third-order valence-corrected chi connectivity index (χ3v) is 5.52. The first-order chi connectivity index (χ1) is 14.1. The lowest BCUT2D eigenvalue weighted by Gasteiger charge is -2.32. The zero-order valence-electron chi connectivity index (χ0n) is 17.0. The van der Waals surface area contributed by atoms with Crippen LogP contribution in [-0.4, -0.2) is 20.4 Å². The molecule has 1 saturated carbocycles. The van der Waals surface area contributed by atoms with E-state index in [9.17, 15) is 9.59 Å². The minimum Gasteiger partial charge on any atom is -0.467 e. The molecule has 6 nitrogen and oxygen atoms in total. The van der Waals surface area contributed by atoms with Crippen molar-refractivity contribution in [1.82, 2.24) is 14.5 Å². The van der Waals surface area contributed by atoms with E-state index >= 15 is 0 Å². The van der Waals surface area contributed by atoms with E-state index in [-0.39, 0.29) is 23.4 Å². The number of furan rings is 1. The fourth-order valence-electron chi connectivity index (χ4n) is 3.90. The maximum Gasteiger partial charge on any atom is 0.261 e. The first-order valence-corrected chi connectivity index (χ1v) is 10.5. The third kappa shape index (κ3) is 3.84. The van der Waals surface area contributed by atoms with Crippen LogP contribution in [0, 0.1) is 5.92 Å². The molecule has 1 fully saturated rings. The smallest absolute Gasteiger partial charge is 0.261 e. The summed E-state index contributed by atoms with van der Waals surface area (Å²) >= 11 is 0. The van der Waals surface area contributed by atoms with Crippen LogP contribution < -0.4 is 5.56 Å². The van der Waals surface area contributed by atoms with Crippen molar-refractivity contribution in [2.24, 2.45) is 5.92 Å². The van der Waals surface area contributed by atoms with Crippen LogP contribution in [0.4, 0.5) is 0 Å². The first-order valence-electron chi connectivity index (χ1n) is 10.5. The van der Waals surface area contributed by atoms with Crippen LogP contribution in [0.3, 0.4) is 0 Å². The Morgan fingerprint density at radius 2 is 2.03 bits per heavy atom. The first kappa shape index (κ1) is 19.4. The maximum absolute atomic E-state index is 13.2. The Morgan fingerprint density at radius 1 is 1.24 bits per heavy atom. The molecule has 1 atom stereocenters. The summed E-state index contributed by atoms with van der Waals surface area (Å²) in [6.07, 6.45) is 4.97. The van der Waals surface area contributed by atoms with Gasteiger partial charge >= 0.3 is 0 Å². The standard InChI is InChI=1S/C23H27N3O3/c1-3-13-25-21(24-19-10-6-5-9-18(19)23(25)28)20(4-2)26(22(27)16-11-12-16)15-17-8-7-14-29-17/h5-10,14,16,20H,3-4,11-13,15H2,1-2H3. The van der Waals surface area contributed by atoms with Crippen LogP contribution in [0.25, 0.3) is 10.9 Å². The van der Waals surface area contributed by atoms with Gasteiger partial charge in [-0.15, -0.1) is 0 Å². The van der Waals surface area contributed by atoms with Crippen LogP contribution in [-0.2, 0) is 17.9 Å². The van der Waals surface area contributed by atoms with E-state index in [2.05, 4.69) is 0 Å². The molecule has 1 aliphatic rings. The van der Waals surface area contributed by atoms with Crippen molar-refractivity contribution in [3.8, 4) is 0 Å². The number of hydrogen-bond acceptors (Lipinski definition) is 4. The van der Waals surface area contributed by atoms with Gasteiger partial charge in [-0.3, -0.25) is 14.2 Å². The van der Waals surface area contributed by atoms with Crippen molar-refractivity contribution in [1.29, 1.82) is 0 Å². The SMILES string of the molecule is CCCn1c(C(CC)N(Cc2ccco2)C(=O)C2CC2)nc2ccccc2c1=O. The summed E-state index contributed by atoms with van der Waals surface area (Å²) in [6.45, 7) is 5.05. The number of benzene rings is 1. The molecular weight excluding hydrogens is 366 g/mol. The molecule has 1 aliphatic carbocycles. The predicted octanol–water partition coefficient (Wildman–Crippen LogP) is 4.29. The van der Waals surface area contributed by atoms with E-state index in [0.717, 1.165) is 25.0 Å². The molecule has 1 unspecified atom stereocenters. The van der Waals surface area contributed by atoms with Crippen molar-refractivity contribution in [2.45, 2.75) is 58.7 Å². The second-order valence-electron chi connectivity index (χ2n) is 7.69. The van der Waals surface area contributed by atoms with Gasteiger partial charge in [-0.2, -0.15) is 0 Å². The van der Waals surface area contributed by atoms with E-state index in [1.165, 1.54) is 0 Å². The van der Waals surface area contributed by atoms with Crippen LogP contribution >= 0.6 is 0 Å². The van der Waals surface area contributed by atoms with Gasteiger partial charge in [-0.25, -0.2) is 4.98 Å². The Kier molecular flexibility index (Phi) is 5.51. The fraction of sp³-hybridized carbons (Fsp3) is 0.435. The van der Waals surface area contributed by atoms with Gasteiger partial charge in [0.2, 0.25) is 5.91 Å². The van der Waals surface area contributed by atoms with Crippen molar-refractivity contribution in [2.75, 3.05) is 0 Å². The number of hydrogen-bond donors (Lipinski definition) is 0. The van der Waals surface area contributed by atoms with E-state index in [4.69, 9.17) is 9.40 Å². The quantitative estimate of drug-likeness (QED) is 0.572. The lowest BCUT2D eigenvalue weighted by atomic mass is 10.1. The number of amides is 1. The molecule has 0 saturated heterocycles. The summed E-state index contributed by atoms with van der Waals surface area (Å²) in [5, 5.41) is 0.616. The van der Waals surface area contributed by atoms with E-state index < -0.39 is 0 Å². The van der Waals surface area contributed by atoms with E-state index in [1.807, 2.05) is 55.1 Å². The number of rotatable bonds is 8. The number of aromatic nitrogens is 2. The van der Waals surface area contributed by atoms with Gasteiger partial charge in [0.1, 0.15) is 11.6 Å². The van der Waals surface area contributed by atoms with Crippen LogP contribution in [0.2, 0.25) is 0 Å². The fourth-order valence-corrected chi connectivity index (χ4v) is 3.90. The van der Waals surface area contributed by atoms with Gasteiger partial charge in [-0.1, -0.05) is 26.0 Å². The molecular formula is C23H27N3O3. The molecule has 4 rings (SSSR count). The summed E-state index contributed by atoms with van der Waals surface area (Å²) in [5.74, 6) is 1.60. The molecule has 0 spiro atoms. The molecule has 6 heteroatoms. The molecule has 0 radical (unpaired) electrons. The molecule has 29 heavy (non-hydrogen) atoms. The zero-order valence-corrected chi connectivity index (χ0v) is 17.0. The molecule has 1 amide bonds. The maximum atomic E-state index is 13.2. The Balaban J connectivity index is 1.83. The summed E-state index contributed by atoms with van der Waals surface area (Å²) in [5.41, 5.74) is 0.637. The van der Waals surface area contributed by atoms with Crippen LogP contribution in [0.5, 0.6) is 0 Å². The summed E-state index contributed by atoms with van der Waals surface area (Å²) in [4.78, 5) is 33.1. The van der Waals surface area contributed by atoms with Gasteiger partial charge in [-0.05, 0) is 49.9 Å². The number of fused-ring (bicyclic) bond motifs is 1. The van der Waals surface area contributed by atoms with Gasteiger partial charge in [0.25, 0.3) is 5.56 Å². The molecule has 3 aromatic rings. The average Bonchev–Trinajstić information content (AvgIpc) is 3.46.